The van der Waals surface area contributed by atoms with Gasteiger partial charge in [-0.05, 0) is 24.3 Å². The number of nitrogens with zero attached hydrogens (tertiary/aromatic N) is 2. The highest BCUT2D eigenvalue weighted by molar-refractivity contribution is 5.42. The van der Waals surface area contributed by atoms with E-state index in [0.29, 0.717) is 5.76 Å². The van der Waals surface area contributed by atoms with E-state index in [2.05, 4.69) is 5.10 Å². The summed E-state index contributed by atoms with van der Waals surface area (Å²) in [4.78, 5) is 11.6. The van der Waals surface area contributed by atoms with Crippen LogP contribution in [0.15, 0.2) is 56.3 Å². The molecule has 0 radical (unpaired) electrons. The highest BCUT2D eigenvalue weighted by Crippen LogP contribution is 2.16. The fourth-order valence-electron chi connectivity index (χ4n) is 1.75. The third-order valence-electron chi connectivity index (χ3n) is 2.74. The van der Waals surface area contributed by atoms with E-state index in [1.54, 1.807) is 24.3 Å². The normalized spacial score (nSPS) is 10.7. The summed E-state index contributed by atoms with van der Waals surface area (Å²) in [5, 5.41) is 3.98. The Balaban J connectivity index is 1.66. The van der Waals surface area contributed by atoms with Gasteiger partial charge in [0, 0.05) is 0 Å². The number of ether oxygens (including phenoxy) is 1. The molecule has 0 saturated heterocycles. The molecule has 0 N–H and O–H groups in total. The Labute approximate surface area is 118 Å². The lowest BCUT2D eigenvalue weighted by Gasteiger charge is -2.05. The smallest absolute Gasteiger partial charge is 0.437 e. The van der Waals surface area contributed by atoms with E-state index in [9.17, 15) is 9.18 Å². The first-order valence-corrected chi connectivity index (χ1v) is 6.23. The molecule has 3 rings (SSSR count). The van der Waals surface area contributed by atoms with Gasteiger partial charge in [0.2, 0.25) is 0 Å². The van der Waals surface area contributed by atoms with Crippen LogP contribution in [0.3, 0.4) is 0 Å². The molecule has 1 aromatic carbocycles. The average molecular weight is 290 g/mol. The molecule has 0 bridgehead atoms. The Morgan fingerprint density at radius 1 is 1.24 bits per heavy atom. The predicted octanol–water partition coefficient (Wildman–Crippen LogP) is 2.31. The molecule has 2 heterocycles. The van der Waals surface area contributed by atoms with Crippen LogP contribution in [0.5, 0.6) is 5.75 Å². The molecular weight excluding hydrogens is 279 g/mol. The molecule has 0 aliphatic carbocycles. The molecule has 0 amide bonds. The Hall–Kier alpha value is -2.83. The van der Waals surface area contributed by atoms with Gasteiger partial charge in [-0.3, -0.25) is 0 Å². The van der Waals surface area contributed by atoms with E-state index in [4.69, 9.17) is 13.6 Å². The molecule has 0 fully saturated rings. The quantitative estimate of drug-likeness (QED) is 0.721. The zero-order valence-electron chi connectivity index (χ0n) is 10.9. The summed E-state index contributed by atoms with van der Waals surface area (Å²) in [6.07, 6.45) is 1.45. The molecule has 0 saturated carbocycles. The monoisotopic (exact) mass is 290 g/mol. The van der Waals surface area contributed by atoms with Crippen molar-refractivity contribution in [3.8, 4) is 17.4 Å². The third kappa shape index (κ3) is 2.86. The molecule has 0 unspecified atom stereocenters. The summed E-state index contributed by atoms with van der Waals surface area (Å²) in [5.74, 6) is -0.503. The van der Waals surface area contributed by atoms with Crippen LogP contribution in [0.25, 0.3) is 11.7 Å². The first-order valence-electron chi connectivity index (χ1n) is 6.23. The standard InChI is InChI=1S/C14H11FN2O4/c15-10-4-1-2-5-11(10)20-9-7-17-14(18)21-13(16-17)12-6-3-8-19-12/h1-6,8H,7,9H2. The second-order valence-electron chi connectivity index (χ2n) is 4.15. The minimum atomic E-state index is -0.626. The molecule has 7 heteroatoms. The largest absolute Gasteiger partial charge is 0.489 e. The predicted molar refractivity (Wildman–Crippen MR) is 70.4 cm³/mol. The molecule has 0 atom stereocenters. The maximum Gasteiger partial charge on any atom is 0.437 e. The van der Waals surface area contributed by atoms with Crippen LogP contribution in [-0.2, 0) is 6.54 Å². The summed E-state index contributed by atoms with van der Waals surface area (Å²) in [6, 6.07) is 9.33. The number of hydrogen-bond acceptors (Lipinski definition) is 5. The SMILES string of the molecule is O=c1oc(-c2ccco2)nn1CCOc1ccccc1F. The van der Waals surface area contributed by atoms with E-state index in [1.165, 1.54) is 18.4 Å². The molecule has 0 aliphatic heterocycles. The minimum Gasteiger partial charge on any atom is -0.489 e. The van der Waals surface area contributed by atoms with Crippen molar-refractivity contribution >= 4 is 0 Å². The van der Waals surface area contributed by atoms with Crippen LogP contribution >= 0.6 is 0 Å². The lowest BCUT2D eigenvalue weighted by atomic mass is 10.3. The molecule has 0 spiro atoms. The number of rotatable bonds is 5. The molecule has 21 heavy (non-hydrogen) atoms. The molecule has 6 nitrogen and oxygen atoms in total. The first-order chi connectivity index (χ1) is 10.2. The fourth-order valence-corrected chi connectivity index (χ4v) is 1.75. The number of furan rings is 1. The van der Waals surface area contributed by atoms with E-state index in [0.717, 1.165) is 4.68 Å². The third-order valence-corrected chi connectivity index (χ3v) is 2.74. The van der Waals surface area contributed by atoms with Gasteiger partial charge < -0.3 is 13.6 Å². The van der Waals surface area contributed by atoms with Gasteiger partial charge in [-0.25, -0.2) is 9.18 Å². The van der Waals surface area contributed by atoms with Crippen molar-refractivity contribution in [2.75, 3.05) is 6.61 Å². The fraction of sp³-hybridized carbons (Fsp3) is 0.143. The van der Waals surface area contributed by atoms with Crippen molar-refractivity contribution in [2.24, 2.45) is 0 Å². The summed E-state index contributed by atoms with van der Waals surface area (Å²) in [6.45, 7) is 0.225. The second-order valence-corrected chi connectivity index (χ2v) is 4.15. The highest BCUT2D eigenvalue weighted by atomic mass is 19.1. The van der Waals surface area contributed by atoms with Gasteiger partial charge in [0.25, 0.3) is 5.89 Å². The van der Waals surface area contributed by atoms with Gasteiger partial charge in [0.15, 0.2) is 17.3 Å². The molecule has 108 valence electrons. The molecule has 0 aliphatic rings. The summed E-state index contributed by atoms with van der Waals surface area (Å²) in [5.41, 5.74) is 0. The second kappa shape index (κ2) is 5.66. The summed E-state index contributed by atoms with van der Waals surface area (Å²) in [7, 11) is 0. The zero-order valence-corrected chi connectivity index (χ0v) is 10.9. The summed E-state index contributed by atoms with van der Waals surface area (Å²) >= 11 is 0. The topological polar surface area (TPSA) is 70.4 Å². The van der Waals surface area contributed by atoms with Crippen LogP contribution in [0, 0.1) is 5.82 Å². The van der Waals surface area contributed by atoms with Gasteiger partial charge in [0.05, 0.1) is 12.8 Å². The van der Waals surface area contributed by atoms with Crippen molar-refractivity contribution in [3.05, 3.63) is 59.0 Å². The van der Waals surface area contributed by atoms with Gasteiger partial charge in [-0.2, -0.15) is 4.68 Å². The maximum atomic E-state index is 13.3. The van der Waals surface area contributed by atoms with E-state index < -0.39 is 11.6 Å². The lowest BCUT2D eigenvalue weighted by Crippen LogP contribution is -2.20. The minimum absolute atomic E-state index is 0.0883. The average Bonchev–Trinajstić information content (AvgIpc) is 3.11. The van der Waals surface area contributed by atoms with Crippen LogP contribution in [0.4, 0.5) is 4.39 Å². The first kappa shape index (κ1) is 13.2. The maximum absolute atomic E-state index is 13.3. The number of para-hydroxylation sites is 1. The van der Waals surface area contributed by atoms with E-state index >= 15 is 0 Å². The summed E-state index contributed by atoms with van der Waals surface area (Å²) < 4.78 is 29.7. The Kier molecular flexibility index (Phi) is 3.55. The molecule has 3 aromatic rings. The van der Waals surface area contributed by atoms with Gasteiger partial charge >= 0.3 is 5.76 Å². The number of halogens is 1. The van der Waals surface area contributed by atoms with Crippen molar-refractivity contribution in [2.45, 2.75) is 6.54 Å². The van der Waals surface area contributed by atoms with E-state index in [1.807, 2.05) is 0 Å². The van der Waals surface area contributed by atoms with Crippen molar-refractivity contribution in [3.63, 3.8) is 0 Å². The van der Waals surface area contributed by atoms with Crippen molar-refractivity contribution in [1.29, 1.82) is 0 Å². The van der Waals surface area contributed by atoms with E-state index in [-0.39, 0.29) is 24.8 Å². The van der Waals surface area contributed by atoms with Gasteiger partial charge in [0.1, 0.15) is 6.61 Å². The Morgan fingerprint density at radius 3 is 2.86 bits per heavy atom. The van der Waals surface area contributed by atoms with Crippen LogP contribution in [0.2, 0.25) is 0 Å². The highest BCUT2D eigenvalue weighted by Gasteiger charge is 2.12. The number of benzene rings is 1. The number of aromatic nitrogens is 2. The molecular formula is C14H11FN2O4. The molecule has 2 aromatic heterocycles. The van der Waals surface area contributed by atoms with Crippen LogP contribution < -0.4 is 10.5 Å². The van der Waals surface area contributed by atoms with Gasteiger partial charge in [-0.1, -0.05) is 12.1 Å². The zero-order chi connectivity index (χ0) is 14.7. The number of hydrogen-bond donors (Lipinski definition) is 0. The van der Waals surface area contributed by atoms with Gasteiger partial charge in [-0.15, -0.1) is 5.10 Å². The van der Waals surface area contributed by atoms with Crippen molar-refractivity contribution < 1.29 is 18.0 Å². The van der Waals surface area contributed by atoms with Crippen molar-refractivity contribution in [1.82, 2.24) is 9.78 Å². The Morgan fingerprint density at radius 2 is 2.10 bits per heavy atom. The van der Waals surface area contributed by atoms with Crippen LogP contribution in [-0.4, -0.2) is 16.4 Å². The Bertz CT molecular complexity index is 776. The lowest BCUT2D eigenvalue weighted by molar-refractivity contribution is 0.273. The van der Waals surface area contributed by atoms with Crippen LogP contribution in [0.1, 0.15) is 0 Å².